The summed E-state index contributed by atoms with van der Waals surface area (Å²) in [5.74, 6) is -0.591. The van der Waals surface area contributed by atoms with Gasteiger partial charge in [-0.3, -0.25) is 4.52 Å². The third-order valence-electron chi connectivity index (χ3n) is 1.51. The number of carbonyl (C=O) groups excluding carboxylic acids is 1. The maximum atomic E-state index is 11.0. The number of phosphoric acid groups is 1. The highest BCUT2D eigenvalue weighted by Crippen LogP contribution is 2.40. The van der Waals surface area contributed by atoms with Crippen LogP contribution in [-0.2, 0) is 18.6 Å². The summed E-state index contributed by atoms with van der Waals surface area (Å²) in [7, 11) is -4.65. The number of esters is 1. The molecule has 4 N–H and O–H groups in total. The zero-order valence-corrected chi connectivity index (χ0v) is 10.1. The van der Waals surface area contributed by atoms with Crippen LogP contribution in [0.2, 0.25) is 0 Å². The van der Waals surface area contributed by atoms with E-state index in [-0.39, 0.29) is 18.6 Å². The minimum Gasteiger partial charge on any atom is -0.462 e. The Kier molecular flexibility index (Phi) is 5.31. The predicted octanol–water partition coefficient (Wildman–Crippen LogP) is 0.280. The highest BCUT2D eigenvalue weighted by Gasteiger charge is 2.29. The van der Waals surface area contributed by atoms with Gasteiger partial charge in [0.2, 0.25) is 0 Å². The van der Waals surface area contributed by atoms with Crippen molar-refractivity contribution in [1.29, 1.82) is 0 Å². The molecule has 0 saturated heterocycles. The fourth-order valence-electron chi connectivity index (χ4n) is 0.787. The first-order valence-electron chi connectivity index (χ1n) is 4.41. The van der Waals surface area contributed by atoms with Gasteiger partial charge in [0.05, 0.1) is 6.61 Å². The Hall–Kier alpha value is -0.720. The van der Waals surface area contributed by atoms with Crippen LogP contribution in [0.3, 0.4) is 0 Å². The normalized spacial score (nSPS) is 15.3. The molecule has 0 aromatic carbocycles. The SMILES string of the molecule is C=C(C)C(=O)OCCC(C)(N)OP(=O)(O)O. The Morgan fingerprint density at radius 3 is 2.44 bits per heavy atom. The third-order valence-corrected chi connectivity index (χ3v) is 2.16. The number of phosphoric ester groups is 1. The smallest absolute Gasteiger partial charge is 0.462 e. The van der Waals surface area contributed by atoms with E-state index in [1.54, 1.807) is 0 Å². The summed E-state index contributed by atoms with van der Waals surface area (Å²) in [5, 5.41) is 0. The second-order valence-corrected chi connectivity index (χ2v) is 4.72. The first-order valence-corrected chi connectivity index (χ1v) is 5.94. The van der Waals surface area contributed by atoms with Gasteiger partial charge in [-0.05, 0) is 13.8 Å². The van der Waals surface area contributed by atoms with E-state index < -0.39 is 19.5 Å². The van der Waals surface area contributed by atoms with E-state index >= 15 is 0 Å². The lowest BCUT2D eigenvalue weighted by atomic mass is 10.2. The Labute approximate surface area is 93.5 Å². The summed E-state index contributed by atoms with van der Waals surface area (Å²) in [6, 6.07) is 0. The van der Waals surface area contributed by atoms with Crippen molar-refractivity contribution in [3.05, 3.63) is 12.2 Å². The maximum Gasteiger partial charge on any atom is 0.471 e. The number of carbonyl (C=O) groups is 1. The van der Waals surface area contributed by atoms with E-state index in [2.05, 4.69) is 11.1 Å². The number of hydrogen-bond donors (Lipinski definition) is 3. The molecule has 0 rings (SSSR count). The van der Waals surface area contributed by atoms with E-state index in [1.807, 2.05) is 0 Å². The van der Waals surface area contributed by atoms with Crippen molar-refractivity contribution in [1.82, 2.24) is 0 Å². The Balaban J connectivity index is 4.06. The fraction of sp³-hybridized carbons (Fsp3) is 0.625. The molecule has 0 bridgehead atoms. The van der Waals surface area contributed by atoms with E-state index in [0.717, 1.165) is 0 Å². The quantitative estimate of drug-likeness (QED) is 0.269. The van der Waals surface area contributed by atoms with Gasteiger partial charge >= 0.3 is 13.8 Å². The van der Waals surface area contributed by atoms with Crippen molar-refractivity contribution in [2.75, 3.05) is 6.61 Å². The molecule has 0 aliphatic heterocycles. The molecule has 1 unspecified atom stereocenters. The first kappa shape index (κ1) is 15.3. The Morgan fingerprint density at radius 2 is 2.06 bits per heavy atom. The van der Waals surface area contributed by atoms with Crippen molar-refractivity contribution in [2.45, 2.75) is 26.0 Å². The second kappa shape index (κ2) is 5.56. The molecular weight excluding hydrogens is 237 g/mol. The standard InChI is InChI=1S/C8H16NO6P/c1-6(2)7(10)14-5-4-8(3,9)15-16(11,12)13/h1,4-5,9H2,2-3H3,(H2,11,12,13). The average molecular weight is 253 g/mol. The molecule has 0 radical (unpaired) electrons. The topological polar surface area (TPSA) is 119 Å². The fourth-order valence-corrected chi connectivity index (χ4v) is 1.42. The first-order chi connectivity index (χ1) is 7.03. The Morgan fingerprint density at radius 1 is 1.56 bits per heavy atom. The van der Waals surface area contributed by atoms with Crippen LogP contribution < -0.4 is 5.73 Å². The van der Waals surface area contributed by atoms with Gasteiger partial charge in [-0.1, -0.05) is 6.58 Å². The lowest BCUT2D eigenvalue weighted by Gasteiger charge is -2.24. The van der Waals surface area contributed by atoms with Gasteiger partial charge in [-0.15, -0.1) is 0 Å². The Bertz CT molecular complexity index is 320. The molecule has 0 aromatic rings. The highest BCUT2D eigenvalue weighted by molar-refractivity contribution is 7.46. The van der Waals surface area contributed by atoms with Gasteiger partial charge in [0.15, 0.2) is 0 Å². The summed E-state index contributed by atoms with van der Waals surface area (Å²) in [6.07, 6.45) is -0.0445. The second-order valence-electron chi connectivity index (χ2n) is 3.56. The molecule has 7 nitrogen and oxygen atoms in total. The van der Waals surface area contributed by atoms with Crippen molar-refractivity contribution in [3.63, 3.8) is 0 Å². The van der Waals surface area contributed by atoms with Crippen LogP contribution in [0, 0.1) is 0 Å². The van der Waals surface area contributed by atoms with Gasteiger partial charge in [0.25, 0.3) is 0 Å². The van der Waals surface area contributed by atoms with E-state index in [0.29, 0.717) is 0 Å². The highest BCUT2D eigenvalue weighted by atomic mass is 31.2. The van der Waals surface area contributed by atoms with Gasteiger partial charge in [0, 0.05) is 12.0 Å². The van der Waals surface area contributed by atoms with E-state index in [9.17, 15) is 9.36 Å². The molecule has 94 valence electrons. The zero-order valence-electron chi connectivity index (χ0n) is 9.17. The lowest BCUT2D eigenvalue weighted by Crippen LogP contribution is -2.39. The van der Waals surface area contributed by atoms with Crippen molar-refractivity contribution in [2.24, 2.45) is 5.73 Å². The van der Waals surface area contributed by atoms with Crippen LogP contribution >= 0.6 is 7.82 Å². The monoisotopic (exact) mass is 253 g/mol. The molecule has 0 saturated carbocycles. The molecule has 8 heteroatoms. The molecule has 0 aromatic heterocycles. The van der Waals surface area contributed by atoms with Crippen LogP contribution in [0.1, 0.15) is 20.3 Å². The van der Waals surface area contributed by atoms with E-state index in [4.69, 9.17) is 20.3 Å². The number of rotatable bonds is 6. The maximum absolute atomic E-state index is 11.0. The number of ether oxygens (including phenoxy) is 1. The van der Waals surface area contributed by atoms with Crippen molar-refractivity contribution < 1.29 is 28.4 Å². The van der Waals surface area contributed by atoms with Gasteiger partial charge in [-0.25, -0.2) is 9.36 Å². The van der Waals surface area contributed by atoms with Crippen LogP contribution in [-0.4, -0.2) is 28.1 Å². The third kappa shape index (κ3) is 7.56. The minimum atomic E-state index is -4.65. The van der Waals surface area contributed by atoms with Crippen LogP contribution in [0.15, 0.2) is 12.2 Å². The molecule has 1 atom stereocenters. The average Bonchev–Trinajstić information content (AvgIpc) is 1.98. The van der Waals surface area contributed by atoms with Crippen molar-refractivity contribution in [3.8, 4) is 0 Å². The molecule has 0 amide bonds. The molecule has 0 fully saturated rings. The summed E-state index contributed by atoms with van der Waals surface area (Å²) in [5.41, 5.74) is 4.11. The minimum absolute atomic E-state index is 0.0445. The predicted molar refractivity (Wildman–Crippen MR) is 56.1 cm³/mol. The largest absolute Gasteiger partial charge is 0.471 e. The van der Waals surface area contributed by atoms with Crippen LogP contribution in [0.25, 0.3) is 0 Å². The molecular formula is C8H16NO6P. The summed E-state index contributed by atoms with van der Waals surface area (Å²) in [4.78, 5) is 28.0. The molecule has 0 aliphatic rings. The summed E-state index contributed by atoms with van der Waals surface area (Å²) >= 11 is 0. The van der Waals surface area contributed by atoms with E-state index in [1.165, 1.54) is 13.8 Å². The summed E-state index contributed by atoms with van der Waals surface area (Å²) in [6.45, 7) is 6.02. The summed E-state index contributed by atoms with van der Waals surface area (Å²) < 4.78 is 19.5. The number of hydrogen-bond acceptors (Lipinski definition) is 5. The number of nitrogens with two attached hydrogens (primary N) is 1. The van der Waals surface area contributed by atoms with Crippen LogP contribution in [0.5, 0.6) is 0 Å². The lowest BCUT2D eigenvalue weighted by molar-refractivity contribution is -0.140. The van der Waals surface area contributed by atoms with Gasteiger partial charge in [-0.2, -0.15) is 0 Å². The molecule has 0 aliphatic carbocycles. The van der Waals surface area contributed by atoms with Gasteiger partial charge < -0.3 is 20.3 Å². The van der Waals surface area contributed by atoms with Crippen LogP contribution in [0.4, 0.5) is 0 Å². The molecule has 0 heterocycles. The van der Waals surface area contributed by atoms with Gasteiger partial charge in [0.1, 0.15) is 5.72 Å². The molecule has 0 spiro atoms. The zero-order chi connectivity index (χ0) is 13.0. The van der Waals surface area contributed by atoms with Crippen molar-refractivity contribution >= 4 is 13.8 Å². The molecule has 16 heavy (non-hydrogen) atoms.